The topological polar surface area (TPSA) is 50.0 Å². The summed E-state index contributed by atoms with van der Waals surface area (Å²) in [7, 11) is 0. The number of nitrogens with zero attached hydrogens (tertiary/aromatic N) is 2. The maximum absolute atomic E-state index is 6.08. The highest BCUT2D eigenvalue weighted by molar-refractivity contribution is 5.80. The molecule has 0 spiro atoms. The third-order valence-corrected chi connectivity index (χ3v) is 5.49. The van der Waals surface area contributed by atoms with Crippen molar-refractivity contribution in [3.05, 3.63) is 36.3 Å². The zero-order valence-corrected chi connectivity index (χ0v) is 14.4. The molecule has 3 aliphatic heterocycles. The molecule has 5 nitrogen and oxygen atoms in total. The Morgan fingerprint density at radius 3 is 2.71 bits per heavy atom. The molecule has 4 unspecified atom stereocenters. The second-order valence-electron chi connectivity index (χ2n) is 7.38. The maximum Gasteiger partial charge on any atom is 0.194 e. The Morgan fingerprint density at radius 1 is 1.33 bits per heavy atom. The minimum absolute atomic E-state index is 0.482. The van der Waals surface area contributed by atoms with Gasteiger partial charge >= 0.3 is 0 Å². The molecule has 2 bridgehead atoms. The number of guanidine groups is 1. The highest BCUT2D eigenvalue weighted by Gasteiger charge is 2.53. The smallest absolute Gasteiger partial charge is 0.194 e. The highest BCUT2D eigenvalue weighted by Crippen LogP contribution is 2.47. The van der Waals surface area contributed by atoms with Crippen molar-refractivity contribution in [3.63, 3.8) is 0 Å². The first kappa shape index (κ1) is 15.8. The standard InChI is InChI=1S/C19H27N3O2/c1-13(2)10-21-19(20-8-7-14-4-3-9-23-14)22-11-15-16(12-22)18-6-5-17(15)24-18/h3-4,9,15-18H,1,5-8,10-12H2,2H3,(H,20,21). The molecule has 0 radical (unpaired) electrons. The van der Waals surface area contributed by atoms with E-state index in [0.29, 0.717) is 30.6 Å². The first-order chi connectivity index (χ1) is 11.7. The molecule has 1 N–H and O–H groups in total. The van der Waals surface area contributed by atoms with Crippen LogP contribution in [0.1, 0.15) is 25.5 Å². The highest BCUT2D eigenvalue weighted by atomic mass is 16.5. The van der Waals surface area contributed by atoms with Crippen LogP contribution in [0.2, 0.25) is 0 Å². The van der Waals surface area contributed by atoms with Crippen LogP contribution >= 0.6 is 0 Å². The minimum atomic E-state index is 0.482. The molecule has 24 heavy (non-hydrogen) atoms. The summed E-state index contributed by atoms with van der Waals surface area (Å²) in [5, 5.41) is 3.53. The van der Waals surface area contributed by atoms with Gasteiger partial charge in [-0.25, -0.2) is 4.99 Å². The SMILES string of the molecule is C=C(C)CN=C(NCCc1ccco1)N1CC2C3CCC(O3)C2C1. The summed E-state index contributed by atoms with van der Waals surface area (Å²) in [5.41, 5.74) is 1.09. The predicted octanol–water partition coefficient (Wildman–Crippen LogP) is 2.45. The lowest BCUT2D eigenvalue weighted by molar-refractivity contribution is 0.0767. The molecule has 130 valence electrons. The number of ether oxygens (including phenoxy) is 1. The second-order valence-corrected chi connectivity index (χ2v) is 7.38. The quantitative estimate of drug-likeness (QED) is 0.512. The number of aliphatic imine (C=N–C) groups is 1. The van der Waals surface area contributed by atoms with E-state index in [2.05, 4.69) is 16.8 Å². The lowest BCUT2D eigenvalue weighted by Gasteiger charge is -2.23. The summed E-state index contributed by atoms with van der Waals surface area (Å²) in [6.45, 7) is 9.64. The number of fused-ring (bicyclic) bond motifs is 5. The van der Waals surface area contributed by atoms with Gasteiger partial charge in [0, 0.05) is 37.9 Å². The van der Waals surface area contributed by atoms with E-state index in [1.54, 1.807) is 6.26 Å². The molecule has 4 rings (SSSR count). The van der Waals surface area contributed by atoms with Crippen molar-refractivity contribution in [1.82, 2.24) is 10.2 Å². The van der Waals surface area contributed by atoms with Gasteiger partial charge in [-0.1, -0.05) is 12.2 Å². The summed E-state index contributed by atoms with van der Waals surface area (Å²) in [4.78, 5) is 7.21. The van der Waals surface area contributed by atoms with Crippen LogP contribution in [0.3, 0.4) is 0 Å². The van der Waals surface area contributed by atoms with Crippen LogP contribution in [-0.4, -0.2) is 49.2 Å². The normalized spacial score (nSPS) is 31.5. The lowest BCUT2D eigenvalue weighted by Crippen LogP contribution is -2.42. The fraction of sp³-hybridized carbons (Fsp3) is 0.632. The molecule has 0 aliphatic carbocycles. The maximum atomic E-state index is 6.08. The number of furan rings is 1. The molecule has 3 saturated heterocycles. The Labute approximate surface area is 143 Å². The molecule has 4 atom stereocenters. The lowest BCUT2D eigenvalue weighted by atomic mass is 9.82. The predicted molar refractivity (Wildman–Crippen MR) is 94.0 cm³/mol. The second kappa shape index (κ2) is 6.63. The summed E-state index contributed by atoms with van der Waals surface area (Å²) in [6.07, 6.45) is 6.04. The summed E-state index contributed by atoms with van der Waals surface area (Å²) < 4.78 is 11.5. The molecule has 0 saturated carbocycles. The molecule has 0 aromatic carbocycles. The van der Waals surface area contributed by atoms with Crippen LogP contribution in [0.15, 0.2) is 40.0 Å². The molecule has 3 aliphatic rings. The van der Waals surface area contributed by atoms with Crippen LogP contribution in [-0.2, 0) is 11.2 Å². The van der Waals surface area contributed by atoms with Gasteiger partial charge < -0.3 is 19.4 Å². The van der Waals surface area contributed by atoms with Crippen LogP contribution < -0.4 is 5.32 Å². The Balaban J connectivity index is 1.39. The van der Waals surface area contributed by atoms with E-state index in [4.69, 9.17) is 14.1 Å². The van der Waals surface area contributed by atoms with E-state index in [-0.39, 0.29) is 0 Å². The number of hydrogen-bond donors (Lipinski definition) is 1. The Bertz CT molecular complexity index is 592. The van der Waals surface area contributed by atoms with Crippen molar-refractivity contribution in [2.45, 2.75) is 38.4 Å². The third-order valence-electron chi connectivity index (χ3n) is 5.49. The molecule has 3 fully saturated rings. The van der Waals surface area contributed by atoms with E-state index >= 15 is 0 Å². The van der Waals surface area contributed by atoms with Crippen molar-refractivity contribution in [3.8, 4) is 0 Å². The first-order valence-corrected chi connectivity index (χ1v) is 9.06. The van der Waals surface area contributed by atoms with Gasteiger partial charge in [-0.05, 0) is 31.9 Å². The Kier molecular flexibility index (Phi) is 4.35. The number of nitrogens with one attached hydrogen (secondary N) is 1. The first-order valence-electron chi connectivity index (χ1n) is 9.06. The molecule has 5 heteroatoms. The average molecular weight is 329 g/mol. The van der Waals surface area contributed by atoms with Gasteiger partial charge in [0.2, 0.25) is 0 Å². The monoisotopic (exact) mass is 329 g/mol. The fourth-order valence-corrected chi connectivity index (χ4v) is 4.36. The van der Waals surface area contributed by atoms with E-state index in [1.807, 2.05) is 19.1 Å². The van der Waals surface area contributed by atoms with Gasteiger partial charge in [0.05, 0.1) is 25.0 Å². The van der Waals surface area contributed by atoms with Crippen molar-refractivity contribution in [2.75, 3.05) is 26.2 Å². The molecule has 1 aromatic heterocycles. The van der Waals surface area contributed by atoms with E-state index in [9.17, 15) is 0 Å². The third kappa shape index (κ3) is 3.09. The van der Waals surface area contributed by atoms with Crippen molar-refractivity contribution < 1.29 is 9.15 Å². The number of likely N-dealkylation sites (tertiary alicyclic amines) is 1. The number of rotatable bonds is 5. The summed E-state index contributed by atoms with van der Waals surface area (Å²) >= 11 is 0. The van der Waals surface area contributed by atoms with E-state index in [1.165, 1.54) is 12.8 Å². The molecule has 1 aromatic rings. The molecular formula is C19H27N3O2. The molecule has 0 amide bonds. The van der Waals surface area contributed by atoms with Gasteiger partial charge in [0.15, 0.2) is 5.96 Å². The van der Waals surface area contributed by atoms with Crippen LogP contribution in [0.5, 0.6) is 0 Å². The number of hydrogen-bond acceptors (Lipinski definition) is 3. The average Bonchev–Trinajstić information content (AvgIpc) is 3.32. The minimum Gasteiger partial charge on any atom is -0.469 e. The van der Waals surface area contributed by atoms with Gasteiger partial charge in [-0.3, -0.25) is 0 Å². The van der Waals surface area contributed by atoms with Crippen molar-refractivity contribution in [2.24, 2.45) is 16.8 Å². The summed E-state index contributed by atoms with van der Waals surface area (Å²) in [5.74, 6) is 3.39. The van der Waals surface area contributed by atoms with Crippen LogP contribution in [0, 0.1) is 11.8 Å². The van der Waals surface area contributed by atoms with E-state index in [0.717, 1.165) is 43.3 Å². The zero-order valence-electron chi connectivity index (χ0n) is 14.4. The van der Waals surface area contributed by atoms with Gasteiger partial charge in [-0.2, -0.15) is 0 Å². The Morgan fingerprint density at radius 2 is 2.08 bits per heavy atom. The fourth-order valence-electron chi connectivity index (χ4n) is 4.36. The van der Waals surface area contributed by atoms with Crippen LogP contribution in [0.4, 0.5) is 0 Å². The largest absolute Gasteiger partial charge is 0.469 e. The van der Waals surface area contributed by atoms with Crippen molar-refractivity contribution >= 4 is 5.96 Å². The summed E-state index contributed by atoms with van der Waals surface area (Å²) in [6, 6.07) is 3.95. The van der Waals surface area contributed by atoms with Gasteiger partial charge in [0.1, 0.15) is 5.76 Å². The van der Waals surface area contributed by atoms with Gasteiger partial charge in [-0.15, -0.1) is 0 Å². The molecule has 4 heterocycles. The van der Waals surface area contributed by atoms with E-state index < -0.39 is 0 Å². The van der Waals surface area contributed by atoms with Crippen LogP contribution in [0.25, 0.3) is 0 Å². The molecular weight excluding hydrogens is 302 g/mol. The zero-order chi connectivity index (χ0) is 16.5. The van der Waals surface area contributed by atoms with Crippen molar-refractivity contribution in [1.29, 1.82) is 0 Å². The van der Waals surface area contributed by atoms with Gasteiger partial charge in [0.25, 0.3) is 0 Å². The Hall–Kier alpha value is -1.75.